The van der Waals surface area contributed by atoms with Crippen molar-refractivity contribution in [3.05, 3.63) is 11.9 Å². The Kier molecular flexibility index (Phi) is 7.58. The molecule has 0 saturated carbocycles. The van der Waals surface area contributed by atoms with E-state index in [0.717, 1.165) is 17.9 Å². The Labute approximate surface area is 121 Å². The molecule has 1 N–H and O–H groups in total. The molecule has 0 aromatic carbocycles. The van der Waals surface area contributed by atoms with Crippen molar-refractivity contribution in [2.75, 3.05) is 41.1 Å². The summed E-state index contributed by atoms with van der Waals surface area (Å²) in [5, 5.41) is 7.72. The molecule has 20 heavy (non-hydrogen) atoms. The number of methoxy groups -OCH3 is 2. The van der Waals surface area contributed by atoms with Crippen LogP contribution in [-0.2, 0) is 9.47 Å². The molecule has 6 nitrogen and oxygen atoms in total. The lowest BCUT2D eigenvalue weighted by Gasteiger charge is -2.21. The van der Waals surface area contributed by atoms with Crippen molar-refractivity contribution in [3.8, 4) is 5.75 Å². The second-order valence-electron chi connectivity index (χ2n) is 4.87. The molecule has 0 fully saturated rings. The van der Waals surface area contributed by atoms with Crippen molar-refractivity contribution in [2.24, 2.45) is 0 Å². The molecular weight excluding hydrogens is 258 g/mol. The molecule has 0 spiro atoms. The van der Waals surface area contributed by atoms with Crippen LogP contribution in [0.2, 0.25) is 0 Å². The third-order valence-corrected chi connectivity index (χ3v) is 3.17. The first-order valence-corrected chi connectivity index (χ1v) is 7.01. The van der Waals surface area contributed by atoms with Gasteiger partial charge in [0.1, 0.15) is 0 Å². The number of rotatable bonds is 10. The molecule has 1 aromatic rings. The second kappa shape index (κ2) is 8.94. The van der Waals surface area contributed by atoms with Gasteiger partial charge in [0.15, 0.2) is 5.75 Å². The SMILES string of the molecule is CNC(CCOCCOC)c1c(OC)cnn1C(C)C. The maximum atomic E-state index is 5.54. The lowest BCUT2D eigenvalue weighted by atomic mass is 10.1. The van der Waals surface area contributed by atoms with Gasteiger partial charge in [-0.05, 0) is 27.3 Å². The van der Waals surface area contributed by atoms with E-state index in [9.17, 15) is 0 Å². The van der Waals surface area contributed by atoms with Crippen LogP contribution in [0.3, 0.4) is 0 Å². The molecule has 1 unspecified atom stereocenters. The Bertz CT molecular complexity index is 380. The van der Waals surface area contributed by atoms with Crippen molar-refractivity contribution in [2.45, 2.75) is 32.4 Å². The summed E-state index contributed by atoms with van der Waals surface area (Å²) in [5.74, 6) is 0.815. The summed E-state index contributed by atoms with van der Waals surface area (Å²) in [5.41, 5.74) is 1.07. The molecule has 6 heteroatoms. The summed E-state index contributed by atoms with van der Waals surface area (Å²) < 4.78 is 17.9. The predicted molar refractivity (Wildman–Crippen MR) is 78.3 cm³/mol. The first kappa shape index (κ1) is 16.9. The Morgan fingerprint density at radius 3 is 2.55 bits per heavy atom. The number of hydrogen-bond acceptors (Lipinski definition) is 5. The number of nitrogens with zero attached hydrogens (tertiary/aromatic N) is 2. The van der Waals surface area contributed by atoms with E-state index in [0.29, 0.717) is 25.9 Å². The van der Waals surface area contributed by atoms with Crippen LogP contribution in [-0.4, -0.2) is 50.9 Å². The van der Waals surface area contributed by atoms with E-state index in [4.69, 9.17) is 14.2 Å². The number of aromatic nitrogens is 2. The highest BCUT2D eigenvalue weighted by molar-refractivity contribution is 5.28. The topological polar surface area (TPSA) is 57.5 Å². The molecule has 0 aliphatic carbocycles. The maximum Gasteiger partial charge on any atom is 0.161 e. The molecule has 0 amide bonds. The minimum absolute atomic E-state index is 0.150. The molecule has 1 heterocycles. The molecule has 116 valence electrons. The fraction of sp³-hybridized carbons (Fsp3) is 0.786. The van der Waals surface area contributed by atoms with Crippen LogP contribution in [0.15, 0.2) is 6.20 Å². The number of nitrogens with one attached hydrogen (secondary N) is 1. The van der Waals surface area contributed by atoms with Gasteiger partial charge in [0.05, 0.1) is 38.3 Å². The largest absolute Gasteiger partial charge is 0.493 e. The number of ether oxygens (including phenoxy) is 3. The summed E-state index contributed by atoms with van der Waals surface area (Å²) in [7, 11) is 5.29. The van der Waals surface area contributed by atoms with Gasteiger partial charge in [-0.2, -0.15) is 5.10 Å². The monoisotopic (exact) mass is 285 g/mol. The van der Waals surface area contributed by atoms with Crippen LogP contribution < -0.4 is 10.1 Å². The Morgan fingerprint density at radius 2 is 2.00 bits per heavy atom. The summed E-state index contributed by atoms with van der Waals surface area (Å²) >= 11 is 0. The van der Waals surface area contributed by atoms with Crippen LogP contribution in [0.5, 0.6) is 5.75 Å². The predicted octanol–water partition coefficient (Wildman–Crippen LogP) is 1.79. The third-order valence-electron chi connectivity index (χ3n) is 3.17. The molecule has 0 saturated heterocycles. The molecule has 0 aliphatic rings. The van der Waals surface area contributed by atoms with Gasteiger partial charge in [0.2, 0.25) is 0 Å². The zero-order valence-electron chi connectivity index (χ0n) is 13.2. The van der Waals surface area contributed by atoms with E-state index >= 15 is 0 Å². The lowest BCUT2D eigenvalue weighted by molar-refractivity contribution is 0.0655. The quantitative estimate of drug-likeness (QED) is 0.664. The van der Waals surface area contributed by atoms with Gasteiger partial charge in [-0.1, -0.05) is 0 Å². The molecular formula is C14H27N3O3. The Morgan fingerprint density at radius 1 is 1.25 bits per heavy atom. The van der Waals surface area contributed by atoms with Crippen molar-refractivity contribution in [1.82, 2.24) is 15.1 Å². The minimum atomic E-state index is 0.150. The average Bonchev–Trinajstić information content (AvgIpc) is 2.87. The first-order chi connectivity index (χ1) is 9.65. The van der Waals surface area contributed by atoms with E-state index in [1.165, 1.54) is 0 Å². The second-order valence-corrected chi connectivity index (χ2v) is 4.87. The van der Waals surface area contributed by atoms with Gasteiger partial charge in [0.25, 0.3) is 0 Å². The molecule has 0 bridgehead atoms. The summed E-state index contributed by atoms with van der Waals surface area (Å²) in [6, 6.07) is 0.441. The highest BCUT2D eigenvalue weighted by Gasteiger charge is 2.21. The Balaban J connectivity index is 2.70. The van der Waals surface area contributed by atoms with Gasteiger partial charge in [0, 0.05) is 19.8 Å². The van der Waals surface area contributed by atoms with Crippen molar-refractivity contribution < 1.29 is 14.2 Å². The summed E-state index contributed by atoms with van der Waals surface area (Å²) in [4.78, 5) is 0. The summed E-state index contributed by atoms with van der Waals surface area (Å²) in [6.07, 6.45) is 2.63. The molecule has 0 radical (unpaired) electrons. The molecule has 1 aromatic heterocycles. The average molecular weight is 285 g/mol. The standard InChI is InChI=1S/C14H27N3O3/c1-11(2)17-14(13(19-5)10-16-17)12(15-3)6-7-20-9-8-18-4/h10-12,15H,6-9H2,1-5H3. The maximum absolute atomic E-state index is 5.54. The fourth-order valence-electron chi connectivity index (χ4n) is 2.12. The number of hydrogen-bond donors (Lipinski definition) is 1. The normalized spacial score (nSPS) is 12.9. The van der Waals surface area contributed by atoms with E-state index in [-0.39, 0.29) is 6.04 Å². The molecule has 1 rings (SSSR count). The van der Waals surface area contributed by atoms with Crippen molar-refractivity contribution in [1.29, 1.82) is 0 Å². The van der Waals surface area contributed by atoms with E-state index in [2.05, 4.69) is 24.3 Å². The first-order valence-electron chi connectivity index (χ1n) is 7.01. The van der Waals surface area contributed by atoms with E-state index in [1.807, 2.05) is 11.7 Å². The molecule has 0 aliphatic heterocycles. The Hall–Kier alpha value is -1.11. The van der Waals surface area contributed by atoms with E-state index in [1.54, 1.807) is 20.4 Å². The smallest absolute Gasteiger partial charge is 0.161 e. The van der Waals surface area contributed by atoms with Gasteiger partial charge in [-0.15, -0.1) is 0 Å². The van der Waals surface area contributed by atoms with Crippen molar-refractivity contribution in [3.63, 3.8) is 0 Å². The van der Waals surface area contributed by atoms with Gasteiger partial charge < -0.3 is 19.5 Å². The third kappa shape index (κ3) is 4.47. The van der Waals surface area contributed by atoms with Gasteiger partial charge in [-0.3, -0.25) is 4.68 Å². The summed E-state index contributed by atoms with van der Waals surface area (Å²) in [6.45, 7) is 6.13. The van der Waals surface area contributed by atoms with E-state index < -0.39 is 0 Å². The fourth-order valence-corrected chi connectivity index (χ4v) is 2.12. The van der Waals surface area contributed by atoms with Crippen LogP contribution >= 0.6 is 0 Å². The van der Waals surface area contributed by atoms with Crippen LogP contribution in [0.25, 0.3) is 0 Å². The molecule has 1 atom stereocenters. The van der Waals surface area contributed by atoms with Gasteiger partial charge >= 0.3 is 0 Å². The minimum Gasteiger partial charge on any atom is -0.493 e. The van der Waals surface area contributed by atoms with Crippen LogP contribution in [0.4, 0.5) is 0 Å². The zero-order valence-corrected chi connectivity index (χ0v) is 13.2. The van der Waals surface area contributed by atoms with Gasteiger partial charge in [-0.25, -0.2) is 0 Å². The lowest BCUT2D eigenvalue weighted by Crippen LogP contribution is -2.23. The zero-order chi connectivity index (χ0) is 15.0. The van der Waals surface area contributed by atoms with Crippen molar-refractivity contribution >= 4 is 0 Å². The van der Waals surface area contributed by atoms with Crippen LogP contribution in [0.1, 0.15) is 38.0 Å². The highest BCUT2D eigenvalue weighted by Crippen LogP contribution is 2.29. The highest BCUT2D eigenvalue weighted by atomic mass is 16.5. The van der Waals surface area contributed by atoms with Crippen LogP contribution in [0, 0.1) is 0 Å².